The van der Waals surface area contributed by atoms with Gasteiger partial charge in [0.05, 0.1) is 11.3 Å². The van der Waals surface area contributed by atoms with Crippen molar-refractivity contribution in [3.63, 3.8) is 0 Å². The van der Waals surface area contributed by atoms with Gasteiger partial charge in [-0.3, -0.25) is 0 Å². The summed E-state index contributed by atoms with van der Waals surface area (Å²) in [5.74, 6) is -1.91. The molecule has 0 aliphatic carbocycles. The third kappa shape index (κ3) is 4.32. The Morgan fingerprint density at radius 2 is 1.46 bits per heavy atom. The van der Waals surface area contributed by atoms with E-state index < -0.39 is 29.4 Å². The van der Waals surface area contributed by atoms with Crippen molar-refractivity contribution in [1.29, 1.82) is 0 Å². The molecule has 0 bridgehead atoms. The maximum Gasteiger partial charge on any atom is 0.433 e. The second kappa shape index (κ2) is 7.16. The van der Waals surface area contributed by atoms with Crippen LogP contribution in [0.3, 0.4) is 0 Å². The van der Waals surface area contributed by atoms with Crippen LogP contribution >= 0.6 is 15.9 Å². The van der Waals surface area contributed by atoms with Crippen LogP contribution in [-0.4, -0.2) is 9.97 Å². The Morgan fingerprint density at radius 1 is 0.750 bits per heavy atom. The number of halogens is 8. The van der Waals surface area contributed by atoms with Gasteiger partial charge in [0.1, 0.15) is 11.5 Å². The van der Waals surface area contributed by atoms with Crippen molar-refractivity contribution in [3.8, 4) is 22.6 Å². The molecule has 3 rings (SSSR count). The maximum atomic E-state index is 13.9. The lowest BCUT2D eigenvalue weighted by Gasteiger charge is -2.12. The second-order valence-corrected chi connectivity index (χ2v) is 6.58. The minimum atomic E-state index is -4.92. The predicted molar refractivity (Wildman–Crippen MR) is 90.6 cm³/mol. The largest absolute Gasteiger partial charge is 0.433 e. The summed E-state index contributed by atoms with van der Waals surface area (Å²) in [7, 11) is 0. The second-order valence-electron chi connectivity index (χ2n) is 5.66. The van der Waals surface area contributed by atoms with Crippen LogP contribution in [0, 0.1) is 5.82 Å². The van der Waals surface area contributed by atoms with E-state index in [1.807, 2.05) is 0 Å². The lowest BCUT2D eigenvalue weighted by molar-refractivity contribution is -0.141. The molecule has 1 aromatic heterocycles. The zero-order chi connectivity index (χ0) is 20.7. The summed E-state index contributed by atoms with van der Waals surface area (Å²) in [4.78, 5) is 7.47. The zero-order valence-electron chi connectivity index (χ0n) is 13.5. The van der Waals surface area contributed by atoms with Gasteiger partial charge in [0.2, 0.25) is 0 Å². The van der Waals surface area contributed by atoms with Gasteiger partial charge in [0, 0.05) is 15.6 Å². The van der Waals surface area contributed by atoms with Crippen molar-refractivity contribution < 1.29 is 30.7 Å². The van der Waals surface area contributed by atoms with Crippen molar-refractivity contribution in [3.05, 3.63) is 70.1 Å². The molecule has 0 amide bonds. The van der Waals surface area contributed by atoms with Gasteiger partial charge in [0.15, 0.2) is 5.82 Å². The van der Waals surface area contributed by atoms with E-state index in [-0.39, 0.29) is 22.6 Å². The van der Waals surface area contributed by atoms with E-state index in [4.69, 9.17) is 0 Å². The molecule has 10 heteroatoms. The van der Waals surface area contributed by atoms with Crippen LogP contribution in [0.15, 0.2) is 53.0 Å². The van der Waals surface area contributed by atoms with E-state index in [9.17, 15) is 30.7 Å². The van der Waals surface area contributed by atoms with E-state index in [1.165, 1.54) is 12.1 Å². The van der Waals surface area contributed by atoms with Gasteiger partial charge in [-0.25, -0.2) is 14.4 Å². The minimum Gasteiger partial charge on any atom is -0.228 e. The Labute approximate surface area is 162 Å². The van der Waals surface area contributed by atoms with Crippen LogP contribution in [-0.2, 0) is 12.4 Å². The summed E-state index contributed by atoms with van der Waals surface area (Å²) in [5, 5.41) is 0. The van der Waals surface area contributed by atoms with Crippen molar-refractivity contribution in [2.75, 3.05) is 0 Å². The minimum absolute atomic E-state index is 0.241. The monoisotopic (exact) mass is 464 g/mol. The fraction of sp³-hybridized carbons (Fsp3) is 0.111. The first-order chi connectivity index (χ1) is 12.9. The first-order valence-electron chi connectivity index (χ1n) is 7.54. The molecule has 1 heterocycles. The SMILES string of the molecule is Fc1cc(-c2cc(C(F)(F)F)nc(-c3cccc(Br)c3)n2)ccc1C(F)(F)F. The Kier molecular flexibility index (Phi) is 5.18. The fourth-order valence-corrected chi connectivity index (χ4v) is 2.80. The van der Waals surface area contributed by atoms with E-state index >= 15 is 0 Å². The van der Waals surface area contributed by atoms with E-state index in [2.05, 4.69) is 25.9 Å². The molecule has 2 nitrogen and oxygen atoms in total. The Bertz CT molecular complexity index is 1030. The van der Waals surface area contributed by atoms with Gasteiger partial charge in [-0.05, 0) is 30.3 Å². The third-order valence-electron chi connectivity index (χ3n) is 3.67. The topological polar surface area (TPSA) is 25.8 Å². The molecule has 0 fully saturated rings. The Morgan fingerprint density at radius 3 is 2.04 bits per heavy atom. The summed E-state index contributed by atoms with van der Waals surface area (Å²) in [6.07, 6.45) is -9.75. The summed E-state index contributed by atoms with van der Waals surface area (Å²) in [6.45, 7) is 0. The smallest absolute Gasteiger partial charge is 0.228 e. The van der Waals surface area contributed by atoms with Crippen LogP contribution in [0.1, 0.15) is 11.3 Å². The molecule has 28 heavy (non-hydrogen) atoms. The number of benzene rings is 2. The number of aromatic nitrogens is 2. The zero-order valence-corrected chi connectivity index (χ0v) is 15.1. The highest BCUT2D eigenvalue weighted by Crippen LogP contribution is 2.35. The fourth-order valence-electron chi connectivity index (χ4n) is 2.40. The highest BCUT2D eigenvalue weighted by molar-refractivity contribution is 9.10. The van der Waals surface area contributed by atoms with Crippen molar-refractivity contribution >= 4 is 15.9 Å². The van der Waals surface area contributed by atoms with Crippen LogP contribution in [0.4, 0.5) is 30.7 Å². The molecule has 0 saturated heterocycles. The van der Waals surface area contributed by atoms with Crippen molar-refractivity contribution in [1.82, 2.24) is 9.97 Å². The molecule has 146 valence electrons. The Hall–Kier alpha value is -2.49. The van der Waals surface area contributed by atoms with Gasteiger partial charge in [-0.15, -0.1) is 0 Å². The molecule has 0 aliphatic rings. The molecular weight excluding hydrogens is 457 g/mol. The first-order valence-corrected chi connectivity index (χ1v) is 8.34. The normalized spacial score (nSPS) is 12.3. The molecule has 2 aromatic carbocycles. The highest BCUT2D eigenvalue weighted by atomic mass is 79.9. The first kappa shape index (κ1) is 20.2. The summed E-state index contributed by atoms with van der Waals surface area (Å²) >= 11 is 3.18. The van der Waals surface area contributed by atoms with Gasteiger partial charge in [0.25, 0.3) is 0 Å². The van der Waals surface area contributed by atoms with Crippen LogP contribution in [0.25, 0.3) is 22.6 Å². The van der Waals surface area contributed by atoms with Crippen LogP contribution in [0.2, 0.25) is 0 Å². The molecule has 0 spiro atoms. The number of alkyl halides is 6. The number of nitrogens with zero attached hydrogens (tertiary/aromatic N) is 2. The standard InChI is InChI=1S/C18H8BrF7N2/c19-11-3-1-2-10(6-11)16-27-14(8-15(28-16)18(24,25)26)9-4-5-12(13(20)7-9)17(21,22)23/h1-8H. The summed E-state index contributed by atoms with van der Waals surface area (Å²) < 4.78 is 92.2. The highest BCUT2D eigenvalue weighted by Gasteiger charge is 2.35. The number of hydrogen-bond acceptors (Lipinski definition) is 2. The predicted octanol–water partition coefficient (Wildman–Crippen LogP) is 6.75. The van der Waals surface area contributed by atoms with Crippen molar-refractivity contribution in [2.45, 2.75) is 12.4 Å². The quantitative estimate of drug-likeness (QED) is 0.392. The van der Waals surface area contributed by atoms with E-state index in [0.717, 1.165) is 6.07 Å². The molecular formula is C18H8BrF7N2. The van der Waals surface area contributed by atoms with Crippen molar-refractivity contribution in [2.24, 2.45) is 0 Å². The van der Waals surface area contributed by atoms with Gasteiger partial charge in [-0.1, -0.05) is 34.1 Å². The number of rotatable bonds is 2. The number of hydrogen-bond donors (Lipinski definition) is 0. The molecule has 0 aliphatic heterocycles. The molecule has 0 N–H and O–H groups in total. The molecule has 3 aromatic rings. The lowest BCUT2D eigenvalue weighted by Crippen LogP contribution is -2.11. The average Bonchev–Trinajstić information content (AvgIpc) is 2.59. The summed E-state index contributed by atoms with van der Waals surface area (Å²) in [6, 6.07) is 8.52. The average molecular weight is 465 g/mol. The Balaban J connectivity index is 2.18. The van der Waals surface area contributed by atoms with E-state index in [1.54, 1.807) is 12.1 Å². The molecule has 0 radical (unpaired) electrons. The third-order valence-corrected chi connectivity index (χ3v) is 4.16. The summed E-state index contributed by atoms with van der Waals surface area (Å²) in [5.41, 5.74) is -3.17. The van der Waals surface area contributed by atoms with Gasteiger partial charge >= 0.3 is 12.4 Å². The van der Waals surface area contributed by atoms with Gasteiger partial charge < -0.3 is 0 Å². The van der Waals surface area contributed by atoms with Crippen LogP contribution < -0.4 is 0 Å². The van der Waals surface area contributed by atoms with Crippen LogP contribution in [0.5, 0.6) is 0 Å². The molecule has 0 unspecified atom stereocenters. The van der Waals surface area contributed by atoms with Gasteiger partial charge in [-0.2, -0.15) is 26.3 Å². The van der Waals surface area contributed by atoms with E-state index in [0.29, 0.717) is 22.7 Å². The lowest BCUT2D eigenvalue weighted by atomic mass is 10.1. The molecule has 0 atom stereocenters. The molecule has 0 saturated carbocycles. The maximum absolute atomic E-state index is 13.9.